The van der Waals surface area contributed by atoms with E-state index in [1.807, 2.05) is 17.3 Å². The van der Waals surface area contributed by atoms with E-state index in [1.54, 1.807) is 0 Å². The van der Waals surface area contributed by atoms with Gasteiger partial charge < -0.3 is 4.79 Å². The van der Waals surface area contributed by atoms with Crippen LogP contribution in [0, 0.1) is 6.07 Å². The van der Waals surface area contributed by atoms with Gasteiger partial charge in [-0.05, 0) is 83.1 Å². The van der Waals surface area contributed by atoms with Crippen molar-refractivity contribution in [3.05, 3.63) is 35.4 Å². The zero-order valence-electron chi connectivity index (χ0n) is 21.4. The first-order chi connectivity index (χ1) is 13.4. The third-order valence-electron chi connectivity index (χ3n) is 5.27. The van der Waals surface area contributed by atoms with Gasteiger partial charge in [-0.2, -0.15) is 24.3 Å². The molecule has 30 heavy (non-hydrogen) atoms. The molecule has 0 spiro atoms. The molecule has 0 fully saturated rings. The van der Waals surface area contributed by atoms with Crippen molar-refractivity contribution in [3.63, 3.8) is 0 Å². The summed E-state index contributed by atoms with van der Waals surface area (Å²) in [6.07, 6.45) is 2.44. The molecule has 175 valence electrons. The molecular weight excluding hydrogens is 515 g/mol. The molecule has 1 rings (SSSR count). The van der Waals surface area contributed by atoms with Gasteiger partial charge in [0.15, 0.2) is 0 Å². The third kappa shape index (κ3) is 12.1. The van der Waals surface area contributed by atoms with Gasteiger partial charge >= 0.3 is 27.0 Å². The predicted molar refractivity (Wildman–Crippen MR) is 141 cm³/mol. The summed E-state index contributed by atoms with van der Waals surface area (Å²) in [4.78, 5) is 7.75. The number of hydrogen-bond donors (Lipinski definition) is 0. The summed E-state index contributed by atoms with van der Waals surface area (Å²) in [6.45, 7) is 32.4. The molecule has 0 unspecified atom stereocenters. The molecule has 0 aliphatic heterocycles. The number of benzene rings is 1. The molecular formula is C25H46ClOP2Ru+2. The van der Waals surface area contributed by atoms with Gasteiger partial charge in [-0.25, -0.2) is 0 Å². The van der Waals surface area contributed by atoms with Crippen LogP contribution < -0.4 is 0 Å². The zero-order valence-corrected chi connectivity index (χ0v) is 25.9. The van der Waals surface area contributed by atoms with Gasteiger partial charge in [0.1, 0.15) is 0 Å². The van der Waals surface area contributed by atoms with Gasteiger partial charge in [0, 0.05) is 15.8 Å². The average Bonchev–Trinajstić information content (AvgIpc) is 2.58. The van der Waals surface area contributed by atoms with E-state index in [-0.39, 0.29) is 0 Å². The topological polar surface area (TPSA) is 17.1 Å². The van der Waals surface area contributed by atoms with Gasteiger partial charge in [-0.1, -0.05) is 0 Å². The summed E-state index contributed by atoms with van der Waals surface area (Å²) < 4.78 is 0. The standard InChI is InChI=1S/C24H43P2.CHO.ClH.Ru/c1-21(2,3)25(22(4,5)6)17-19-14-13-15-20(16-19)18-26(23(7,8)9)24(10,11)12;1-2;;/h13-15H,17-18H2,1-12H3;1H;1H;/q2*-1;;+3/p+1. The molecule has 0 aliphatic rings. The first-order valence-corrected chi connectivity index (χ1v) is 16.2. The Morgan fingerprint density at radius 3 is 1.13 bits per heavy atom. The first-order valence-electron chi connectivity index (χ1n) is 10.5. The second-order valence-corrected chi connectivity index (χ2v) is 20.6. The van der Waals surface area contributed by atoms with E-state index in [0.717, 1.165) is 0 Å². The van der Waals surface area contributed by atoms with Gasteiger partial charge in [-0.3, -0.25) is 6.79 Å². The van der Waals surface area contributed by atoms with Gasteiger partial charge in [-0.15, -0.1) is 11.1 Å². The van der Waals surface area contributed by atoms with Crippen molar-refractivity contribution >= 4 is 32.3 Å². The van der Waals surface area contributed by atoms with Gasteiger partial charge in [0.2, 0.25) is 0 Å². The van der Waals surface area contributed by atoms with E-state index >= 15 is 0 Å². The van der Waals surface area contributed by atoms with Crippen molar-refractivity contribution in [3.8, 4) is 0 Å². The molecule has 0 aromatic heterocycles. The molecule has 0 aliphatic carbocycles. The summed E-state index contributed by atoms with van der Waals surface area (Å²) >= 11 is 1.82. The quantitative estimate of drug-likeness (QED) is 0.156. The maximum atomic E-state index is 7.75. The van der Waals surface area contributed by atoms with E-state index < -0.39 is 15.8 Å². The van der Waals surface area contributed by atoms with E-state index in [9.17, 15) is 0 Å². The van der Waals surface area contributed by atoms with Crippen LogP contribution in [0.1, 0.15) is 94.2 Å². The van der Waals surface area contributed by atoms with Crippen LogP contribution in [-0.4, -0.2) is 27.4 Å². The van der Waals surface area contributed by atoms with Crippen LogP contribution in [0.5, 0.6) is 0 Å². The Morgan fingerprint density at radius 2 is 0.933 bits per heavy atom. The zero-order chi connectivity index (χ0) is 24.6. The Balaban J connectivity index is 0. The molecule has 5 heteroatoms. The second kappa shape index (κ2) is 13.4. The van der Waals surface area contributed by atoms with Crippen LogP contribution in [0.4, 0.5) is 0 Å². The van der Waals surface area contributed by atoms with Gasteiger partial charge in [0.25, 0.3) is 0 Å². The van der Waals surface area contributed by atoms with E-state index in [2.05, 4.69) is 124 Å². The summed E-state index contributed by atoms with van der Waals surface area (Å²) in [6, 6.07) is 10.7. The third-order valence-corrected chi connectivity index (χ3v) is 14.0. The fourth-order valence-electron chi connectivity index (χ4n) is 4.47. The Morgan fingerprint density at radius 1 is 0.700 bits per heavy atom. The number of hydrogen-bond acceptors (Lipinski definition) is 1. The molecule has 0 atom stereocenters. The maximum absolute atomic E-state index is 7.75. The predicted octanol–water partition coefficient (Wildman–Crippen LogP) is 8.52. The van der Waals surface area contributed by atoms with Crippen LogP contribution >= 0.6 is 25.5 Å². The number of rotatable bonds is 4. The van der Waals surface area contributed by atoms with Crippen molar-refractivity contribution < 1.29 is 22.1 Å². The average molecular weight is 561 g/mol. The molecule has 1 aromatic rings. The number of carbonyl (C=O) groups excluding carboxylic acids is 1. The molecule has 0 N–H and O–H groups in total. The fourth-order valence-corrected chi connectivity index (χ4v) is 12.3. The molecule has 1 nitrogen and oxygen atoms in total. The molecule has 0 heterocycles. The number of halogens is 1. The van der Waals surface area contributed by atoms with Crippen molar-refractivity contribution in [1.82, 2.24) is 0 Å². The van der Waals surface area contributed by atoms with Crippen molar-refractivity contribution in [1.29, 1.82) is 0 Å². The monoisotopic (exact) mass is 561 g/mol. The molecule has 0 bridgehead atoms. The van der Waals surface area contributed by atoms with E-state index in [1.165, 1.54) is 23.5 Å². The summed E-state index contributed by atoms with van der Waals surface area (Å²) in [5, 5.41) is 1.61. The summed E-state index contributed by atoms with van der Waals surface area (Å²) in [7, 11) is 3.47. The molecule has 0 radical (unpaired) electrons. The molecule has 1 aromatic carbocycles. The molecule has 0 saturated carbocycles. The minimum absolute atomic E-state index is 0.401. The van der Waals surface area contributed by atoms with Crippen molar-refractivity contribution in [2.24, 2.45) is 0 Å². The van der Waals surface area contributed by atoms with E-state index in [0.29, 0.717) is 20.6 Å². The van der Waals surface area contributed by atoms with Crippen LogP contribution in [-0.2, 0) is 34.4 Å². The second-order valence-electron chi connectivity index (χ2n) is 12.0. The molecule has 0 amide bonds. The SMILES string of the molecule is CC(C)(C)[PH+](Cc1[c-]c(C[PH+](C(C)(C)C)C(C)(C)C)ccc1)C(C)(C)C.[CH-]=O.[Cl][Ru+2]. The Labute approximate surface area is 205 Å². The van der Waals surface area contributed by atoms with Crippen LogP contribution in [0.2, 0.25) is 0 Å². The van der Waals surface area contributed by atoms with Crippen LogP contribution in [0.3, 0.4) is 0 Å². The van der Waals surface area contributed by atoms with E-state index in [4.69, 9.17) is 4.79 Å². The van der Waals surface area contributed by atoms with Crippen LogP contribution in [0.15, 0.2) is 18.2 Å². The Kier molecular flexibility index (Phi) is 14.7. The van der Waals surface area contributed by atoms with Crippen molar-refractivity contribution in [2.75, 3.05) is 0 Å². The first kappa shape index (κ1) is 32.8. The normalized spacial score (nSPS) is 12.8. The Bertz CT molecular complexity index is 530. The summed E-state index contributed by atoms with van der Waals surface area (Å²) in [5.41, 5.74) is 2.87. The van der Waals surface area contributed by atoms with Crippen molar-refractivity contribution in [2.45, 2.75) is 116 Å². The fraction of sp³-hybridized carbons (Fsp3) is 0.720. The van der Waals surface area contributed by atoms with Gasteiger partial charge in [0.05, 0.1) is 32.9 Å². The summed E-state index contributed by atoms with van der Waals surface area (Å²) in [5.74, 6) is 0. The van der Waals surface area contributed by atoms with Crippen LogP contribution in [0.25, 0.3) is 0 Å². The molecule has 0 saturated heterocycles. The Hall–Kier alpha value is 0.663. The minimum atomic E-state index is -0.552.